The van der Waals surface area contributed by atoms with Crippen molar-refractivity contribution in [3.8, 4) is 28.8 Å². The van der Waals surface area contributed by atoms with Crippen LogP contribution in [0.1, 0.15) is 27.9 Å². The molecule has 0 radical (unpaired) electrons. The van der Waals surface area contributed by atoms with Gasteiger partial charge in [-0.2, -0.15) is 0 Å². The Hall–Kier alpha value is -4.09. The molecule has 0 bridgehead atoms. The van der Waals surface area contributed by atoms with Gasteiger partial charge in [0.25, 0.3) is 0 Å². The van der Waals surface area contributed by atoms with Gasteiger partial charge in [-0.15, -0.1) is 0 Å². The van der Waals surface area contributed by atoms with Crippen molar-refractivity contribution in [2.24, 2.45) is 0 Å². The Bertz CT molecular complexity index is 1450. The van der Waals surface area contributed by atoms with E-state index in [0.29, 0.717) is 11.4 Å². The molecular weight excluding hydrogens is 486 g/mol. The normalized spacial score (nSPS) is 10.5. The number of pyridine rings is 1. The predicted molar refractivity (Wildman–Crippen MR) is 142 cm³/mol. The highest BCUT2D eigenvalue weighted by Crippen LogP contribution is 2.33. The summed E-state index contributed by atoms with van der Waals surface area (Å²) in [6.45, 7) is 1.45. The number of aliphatic hydroxyl groups excluding tert-OH is 2. The van der Waals surface area contributed by atoms with Gasteiger partial charge < -0.3 is 20.1 Å². The number of carboxylic acids is 1. The number of aromatic nitrogens is 1. The van der Waals surface area contributed by atoms with Gasteiger partial charge >= 0.3 is 5.97 Å². The van der Waals surface area contributed by atoms with E-state index in [-0.39, 0.29) is 19.8 Å². The fourth-order valence-corrected chi connectivity index (χ4v) is 4.49. The third-order valence-corrected chi connectivity index (χ3v) is 6.40. The Morgan fingerprint density at radius 1 is 0.865 bits per heavy atom. The number of carboxylic acid groups (broad SMARTS) is 1. The largest absolute Gasteiger partial charge is 0.482 e. The summed E-state index contributed by atoms with van der Waals surface area (Å²) in [6, 6.07) is 24.5. The van der Waals surface area contributed by atoms with Crippen LogP contribution in [0, 0.1) is 18.8 Å². The number of carbonyl (C=O) groups is 1. The highest BCUT2D eigenvalue weighted by atomic mass is 32.2. The minimum absolute atomic E-state index is 0.0148. The third-order valence-electron chi connectivity index (χ3n) is 5.44. The van der Waals surface area contributed by atoms with Crippen LogP contribution in [-0.2, 0) is 18.0 Å². The smallest absolute Gasteiger partial charge is 0.341 e. The highest BCUT2D eigenvalue weighted by molar-refractivity contribution is 7.99. The van der Waals surface area contributed by atoms with Crippen molar-refractivity contribution in [1.29, 1.82) is 0 Å². The molecule has 186 valence electrons. The Balaban J connectivity index is 1.66. The van der Waals surface area contributed by atoms with Gasteiger partial charge in [0, 0.05) is 20.9 Å². The Labute approximate surface area is 219 Å². The maximum Gasteiger partial charge on any atom is 0.341 e. The molecule has 1 heterocycles. The molecule has 37 heavy (non-hydrogen) atoms. The highest BCUT2D eigenvalue weighted by Gasteiger charge is 2.09. The van der Waals surface area contributed by atoms with Crippen molar-refractivity contribution >= 4 is 17.7 Å². The van der Waals surface area contributed by atoms with Crippen LogP contribution < -0.4 is 4.74 Å². The lowest BCUT2D eigenvalue weighted by Crippen LogP contribution is -2.09. The number of hydrogen-bond donors (Lipinski definition) is 3. The molecule has 3 N–H and O–H groups in total. The first-order valence-corrected chi connectivity index (χ1v) is 12.3. The first-order valence-electron chi connectivity index (χ1n) is 11.5. The zero-order valence-corrected chi connectivity index (χ0v) is 21.0. The fraction of sp³-hybridized carbons (Fsp3) is 0.133. The molecule has 6 nitrogen and oxygen atoms in total. The number of hydrogen-bond acceptors (Lipinski definition) is 6. The number of benzene rings is 3. The number of aliphatic hydroxyl groups is 2. The van der Waals surface area contributed by atoms with Gasteiger partial charge in [-0.3, -0.25) is 0 Å². The second-order valence-corrected chi connectivity index (χ2v) is 9.39. The predicted octanol–water partition coefficient (Wildman–Crippen LogP) is 5.06. The molecule has 0 unspecified atom stereocenters. The minimum Gasteiger partial charge on any atom is -0.482 e. The van der Waals surface area contributed by atoms with Crippen LogP contribution in [0.5, 0.6) is 5.75 Å². The number of aliphatic carboxylic acids is 1. The van der Waals surface area contributed by atoms with E-state index in [1.165, 1.54) is 0 Å². The van der Waals surface area contributed by atoms with Crippen molar-refractivity contribution < 1.29 is 24.9 Å². The maximum atomic E-state index is 10.8. The van der Waals surface area contributed by atoms with Gasteiger partial charge in [0.05, 0.1) is 18.9 Å². The van der Waals surface area contributed by atoms with Gasteiger partial charge in [-0.1, -0.05) is 54.1 Å². The van der Waals surface area contributed by atoms with Gasteiger partial charge in [0.15, 0.2) is 6.61 Å². The lowest BCUT2D eigenvalue weighted by Gasteiger charge is -2.10. The molecule has 0 spiro atoms. The molecule has 0 aliphatic rings. The lowest BCUT2D eigenvalue weighted by molar-refractivity contribution is -0.139. The standard InChI is InChI=1S/C30H25NO5S/c1-20-14-26(12-13-29(20)36-19-30(34)35)37-27-15-25(11-8-21-2-4-22(17-32)5-3-21)31-28(16-27)24-9-6-23(18-33)7-10-24/h2-7,9-10,12-16,32-33H,17-19H2,1H3,(H,34,35). The van der Waals surface area contributed by atoms with Gasteiger partial charge in [-0.25, -0.2) is 9.78 Å². The van der Waals surface area contributed by atoms with E-state index in [9.17, 15) is 15.0 Å². The molecule has 3 aromatic carbocycles. The molecule has 0 aliphatic carbocycles. The first-order chi connectivity index (χ1) is 17.9. The van der Waals surface area contributed by atoms with Gasteiger partial charge in [-0.05, 0) is 72.0 Å². The molecule has 0 saturated carbocycles. The quantitative estimate of drug-likeness (QED) is 0.285. The SMILES string of the molecule is Cc1cc(Sc2cc(C#Cc3ccc(CO)cc3)nc(-c3ccc(CO)cc3)c2)ccc1OCC(=O)O. The number of nitrogens with zero attached hydrogens (tertiary/aromatic N) is 1. The summed E-state index contributed by atoms with van der Waals surface area (Å²) >= 11 is 1.54. The molecule has 4 aromatic rings. The van der Waals surface area contributed by atoms with E-state index >= 15 is 0 Å². The van der Waals surface area contributed by atoms with Crippen LogP contribution in [0.2, 0.25) is 0 Å². The molecule has 0 fully saturated rings. The average molecular weight is 512 g/mol. The molecule has 1 aromatic heterocycles. The van der Waals surface area contributed by atoms with Crippen LogP contribution in [0.3, 0.4) is 0 Å². The number of rotatable bonds is 8. The summed E-state index contributed by atoms with van der Waals surface area (Å²) in [5.41, 5.74) is 5.57. The molecule has 0 amide bonds. The van der Waals surface area contributed by atoms with Crippen LogP contribution in [0.4, 0.5) is 0 Å². The summed E-state index contributed by atoms with van der Waals surface area (Å²) in [7, 11) is 0. The summed E-state index contributed by atoms with van der Waals surface area (Å²) in [4.78, 5) is 17.5. The molecular formula is C30H25NO5S. The topological polar surface area (TPSA) is 99.9 Å². The van der Waals surface area contributed by atoms with Crippen molar-refractivity contribution in [3.05, 3.63) is 107 Å². The van der Waals surface area contributed by atoms with Gasteiger partial charge in [0.1, 0.15) is 11.4 Å². The Morgan fingerprint density at radius 2 is 1.54 bits per heavy atom. The van der Waals surface area contributed by atoms with Crippen molar-refractivity contribution in [2.45, 2.75) is 29.9 Å². The van der Waals surface area contributed by atoms with E-state index in [4.69, 9.17) is 14.8 Å². The average Bonchev–Trinajstić information content (AvgIpc) is 2.91. The summed E-state index contributed by atoms with van der Waals surface area (Å²) in [5.74, 6) is 5.80. The second-order valence-electron chi connectivity index (χ2n) is 8.25. The fourth-order valence-electron chi connectivity index (χ4n) is 3.51. The van der Waals surface area contributed by atoms with E-state index in [0.717, 1.165) is 43.3 Å². The molecule has 0 atom stereocenters. The summed E-state index contributed by atoms with van der Waals surface area (Å²) in [5, 5.41) is 27.5. The summed E-state index contributed by atoms with van der Waals surface area (Å²) < 4.78 is 5.34. The van der Waals surface area contributed by atoms with Crippen LogP contribution in [0.25, 0.3) is 11.3 Å². The number of ether oxygens (including phenoxy) is 1. The molecule has 4 rings (SSSR count). The molecule has 7 heteroatoms. The van der Waals surface area contributed by atoms with Crippen molar-refractivity contribution in [1.82, 2.24) is 4.98 Å². The van der Waals surface area contributed by atoms with E-state index in [1.807, 2.05) is 79.7 Å². The van der Waals surface area contributed by atoms with Crippen LogP contribution in [0.15, 0.2) is 88.7 Å². The van der Waals surface area contributed by atoms with E-state index in [2.05, 4.69) is 11.8 Å². The zero-order valence-electron chi connectivity index (χ0n) is 20.1. The molecule has 0 aliphatic heterocycles. The summed E-state index contributed by atoms with van der Waals surface area (Å²) in [6.07, 6.45) is 0. The van der Waals surface area contributed by atoms with E-state index in [1.54, 1.807) is 17.8 Å². The zero-order chi connectivity index (χ0) is 26.2. The van der Waals surface area contributed by atoms with Crippen LogP contribution in [-0.4, -0.2) is 32.9 Å². The monoisotopic (exact) mass is 511 g/mol. The van der Waals surface area contributed by atoms with Crippen molar-refractivity contribution in [3.63, 3.8) is 0 Å². The first kappa shape index (κ1) is 26.0. The van der Waals surface area contributed by atoms with Crippen LogP contribution >= 0.6 is 11.8 Å². The minimum atomic E-state index is -1.02. The Morgan fingerprint density at radius 3 is 2.16 bits per heavy atom. The Kier molecular flexibility index (Phi) is 8.60. The second kappa shape index (κ2) is 12.2. The maximum absolute atomic E-state index is 10.8. The molecule has 0 saturated heterocycles. The number of aryl methyl sites for hydroxylation is 1. The van der Waals surface area contributed by atoms with E-state index < -0.39 is 5.97 Å². The lowest BCUT2D eigenvalue weighted by atomic mass is 10.1. The van der Waals surface area contributed by atoms with Crippen molar-refractivity contribution in [2.75, 3.05) is 6.61 Å². The van der Waals surface area contributed by atoms with Gasteiger partial charge in [0.2, 0.25) is 0 Å². The third kappa shape index (κ3) is 7.21.